The molecule has 4 aromatic rings. The Morgan fingerprint density at radius 2 is 1.94 bits per heavy atom. The second-order valence-electron chi connectivity index (χ2n) is 8.94. The van der Waals surface area contributed by atoms with Crippen molar-refractivity contribution in [1.82, 2.24) is 25.0 Å². The lowest BCUT2D eigenvalue weighted by Crippen LogP contribution is -2.36. The summed E-state index contributed by atoms with van der Waals surface area (Å²) in [6, 6.07) is 16.1. The molecule has 7 nitrogen and oxygen atoms in total. The number of fused-ring (bicyclic) bond motifs is 1. The van der Waals surface area contributed by atoms with Gasteiger partial charge in [-0.2, -0.15) is 5.10 Å². The Bertz CT molecular complexity index is 1290. The first kappa shape index (κ1) is 21.3. The Morgan fingerprint density at radius 3 is 2.73 bits per heavy atom. The standard InChI is InChI=1S/C26H28N6O/c1-31(2)16-18-5-3-6-22(12-18)28-26(33)25-23-13-20(7-8-24(23)29-30-25)21-11-19(14-27-15-21)17-32-9-4-10-32/h3,5-8,11-15H,4,9-10,16-17H2,1-2H3,(H,28,33)(H,29,30). The maximum Gasteiger partial charge on any atom is 0.276 e. The summed E-state index contributed by atoms with van der Waals surface area (Å²) in [6.07, 6.45) is 5.08. The van der Waals surface area contributed by atoms with Crippen LogP contribution in [0.15, 0.2) is 60.9 Å². The van der Waals surface area contributed by atoms with Crippen LogP contribution >= 0.6 is 0 Å². The quantitative estimate of drug-likeness (QED) is 0.452. The number of benzene rings is 2. The van der Waals surface area contributed by atoms with E-state index >= 15 is 0 Å². The maximum atomic E-state index is 13.1. The van der Waals surface area contributed by atoms with Crippen LogP contribution in [0.2, 0.25) is 0 Å². The highest BCUT2D eigenvalue weighted by Gasteiger charge is 2.17. The molecule has 2 aromatic carbocycles. The summed E-state index contributed by atoms with van der Waals surface area (Å²) in [5, 5.41) is 11.1. The molecule has 0 unspecified atom stereocenters. The van der Waals surface area contributed by atoms with Crippen molar-refractivity contribution in [3.05, 3.63) is 77.7 Å². The highest BCUT2D eigenvalue weighted by atomic mass is 16.1. The minimum Gasteiger partial charge on any atom is -0.321 e. The van der Waals surface area contributed by atoms with Gasteiger partial charge in [0.2, 0.25) is 0 Å². The van der Waals surface area contributed by atoms with Crippen LogP contribution in [0.1, 0.15) is 28.0 Å². The fourth-order valence-corrected chi connectivity index (χ4v) is 4.20. The summed E-state index contributed by atoms with van der Waals surface area (Å²) >= 11 is 0. The second-order valence-corrected chi connectivity index (χ2v) is 8.94. The predicted molar refractivity (Wildman–Crippen MR) is 131 cm³/mol. The minimum absolute atomic E-state index is 0.231. The third-order valence-corrected chi connectivity index (χ3v) is 5.94. The first-order valence-corrected chi connectivity index (χ1v) is 11.2. The van der Waals surface area contributed by atoms with Crippen molar-refractivity contribution in [2.24, 2.45) is 0 Å². The molecule has 5 rings (SSSR count). The van der Waals surface area contributed by atoms with Crippen LogP contribution in [0.3, 0.4) is 0 Å². The number of pyridine rings is 1. The molecule has 1 fully saturated rings. The molecule has 0 aliphatic carbocycles. The predicted octanol–water partition coefficient (Wildman–Crippen LogP) is 4.14. The Morgan fingerprint density at radius 1 is 1.06 bits per heavy atom. The molecule has 0 spiro atoms. The third kappa shape index (κ3) is 4.79. The number of amides is 1. The van der Waals surface area contributed by atoms with Gasteiger partial charge in [0.25, 0.3) is 5.91 Å². The number of anilines is 1. The van der Waals surface area contributed by atoms with Crippen LogP contribution in [0.4, 0.5) is 5.69 Å². The summed E-state index contributed by atoms with van der Waals surface area (Å²) in [4.78, 5) is 22.0. The number of carbonyl (C=O) groups excluding carboxylic acids is 1. The van der Waals surface area contributed by atoms with E-state index in [0.717, 1.165) is 59.5 Å². The smallest absolute Gasteiger partial charge is 0.276 e. The van der Waals surface area contributed by atoms with E-state index in [-0.39, 0.29) is 5.91 Å². The number of carbonyl (C=O) groups is 1. The van der Waals surface area contributed by atoms with Gasteiger partial charge in [0.1, 0.15) is 0 Å². The number of rotatable bonds is 7. The molecule has 7 heteroatoms. The van der Waals surface area contributed by atoms with E-state index in [4.69, 9.17) is 0 Å². The first-order valence-electron chi connectivity index (χ1n) is 11.2. The summed E-state index contributed by atoms with van der Waals surface area (Å²) < 4.78 is 0. The molecule has 33 heavy (non-hydrogen) atoms. The molecule has 0 saturated carbocycles. The number of hydrogen-bond donors (Lipinski definition) is 2. The van der Waals surface area contributed by atoms with Crippen molar-refractivity contribution < 1.29 is 4.79 Å². The number of aromatic amines is 1. The van der Waals surface area contributed by atoms with Gasteiger partial charge in [-0.1, -0.05) is 18.2 Å². The van der Waals surface area contributed by atoms with Crippen LogP contribution in [0.5, 0.6) is 0 Å². The Kier molecular flexibility index (Phi) is 5.90. The summed E-state index contributed by atoms with van der Waals surface area (Å²) in [5.41, 5.74) is 6.37. The van der Waals surface area contributed by atoms with Crippen molar-refractivity contribution >= 4 is 22.5 Å². The average molecular weight is 441 g/mol. The highest BCUT2D eigenvalue weighted by Crippen LogP contribution is 2.27. The molecule has 2 aromatic heterocycles. The number of H-pyrrole nitrogens is 1. The van der Waals surface area contributed by atoms with Gasteiger partial charge < -0.3 is 10.2 Å². The van der Waals surface area contributed by atoms with Crippen molar-refractivity contribution in [3.63, 3.8) is 0 Å². The Hall–Kier alpha value is -3.55. The first-order chi connectivity index (χ1) is 16.0. The molecule has 0 atom stereocenters. The lowest BCUT2D eigenvalue weighted by molar-refractivity contribution is 0.102. The van der Waals surface area contributed by atoms with Crippen LogP contribution in [-0.2, 0) is 13.1 Å². The summed E-state index contributed by atoms with van der Waals surface area (Å²) in [6.45, 7) is 4.04. The molecule has 3 heterocycles. The van der Waals surface area contributed by atoms with E-state index < -0.39 is 0 Å². The zero-order valence-electron chi connectivity index (χ0n) is 19.0. The number of hydrogen-bond acceptors (Lipinski definition) is 5. The van der Waals surface area contributed by atoms with E-state index in [1.54, 1.807) is 0 Å². The van der Waals surface area contributed by atoms with E-state index in [9.17, 15) is 4.79 Å². The van der Waals surface area contributed by atoms with Crippen molar-refractivity contribution in [2.75, 3.05) is 32.5 Å². The molecule has 0 radical (unpaired) electrons. The number of nitrogens with zero attached hydrogens (tertiary/aromatic N) is 4. The number of nitrogens with one attached hydrogen (secondary N) is 2. The van der Waals surface area contributed by atoms with E-state index in [2.05, 4.69) is 42.4 Å². The lowest BCUT2D eigenvalue weighted by Gasteiger charge is -2.30. The zero-order valence-corrected chi connectivity index (χ0v) is 19.0. The molecule has 1 aliphatic rings. The van der Waals surface area contributed by atoms with Gasteiger partial charge in [-0.05, 0) is 80.6 Å². The molecule has 2 N–H and O–H groups in total. The molecule has 0 bridgehead atoms. The zero-order chi connectivity index (χ0) is 22.8. The van der Waals surface area contributed by atoms with Crippen LogP contribution < -0.4 is 5.32 Å². The second kappa shape index (κ2) is 9.13. The van der Waals surface area contributed by atoms with E-state index in [1.165, 1.54) is 12.0 Å². The average Bonchev–Trinajstić information content (AvgIpc) is 3.20. The highest BCUT2D eigenvalue weighted by molar-refractivity contribution is 6.11. The topological polar surface area (TPSA) is 77.1 Å². The van der Waals surface area contributed by atoms with Gasteiger partial charge in [-0.25, -0.2) is 0 Å². The molecule has 1 saturated heterocycles. The lowest BCUT2D eigenvalue weighted by atomic mass is 10.0. The van der Waals surface area contributed by atoms with Gasteiger partial charge in [0, 0.05) is 42.1 Å². The molecular formula is C26H28N6O. The molecule has 1 amide bonds. The number of likely N-dealkylation sites (tertiary alicyclic amines) is 1. The molecule has 1 aliphatic heterocycles. The van der Waals surface area contributed by atoms with Crippen LogP contribution in [-0.4, -0.2) is 58.1 Å². The van der Waals surface area contributed by atoms with Crippen LogP contribution in [0, 0.1) is 0 Å². The fourth-order valence-electron chi connectivity index (χ4n) is 4.20. The van der Waals surface area contributed by atoms with Crippen molar-refractivity contribution in [1.29, 1.82) is 0 Å². The normalized spacial score (nSPS) is 13.9. The van der Waals surface area contributed by atoms with Gasteiger partial charge in [-0.15, -0.1) is 0 Å². The SMILES string of the molecule is CN(C)Cc1cccc(NC(=O)c2n[nH]c3ccc(-c4cncc(CN5CCC5)c4)cc23)c1. The summed E-state index contributed by atoms with van der Waals surface area (Å²) in [5.74, 6) is -0.231. The van der Waals surface area contributed by atoms with E-state index in [0.29, 0.717) is 5.69 Å². The third-order valence-electron chi connectivity index (χ3n) is 5.94. The Labute approximate surface area is 193 Å². The van der Waals surface area contributed by atoms with Crippen molar-refractivity contribution in [3.8, 4) is 11.1 Å². The van der Waals surface area contributed by atoms with E-state index in [1.807, 2.05) is 62.9 Å². The van der Waals surface area contributed by atoms with Gasteiger partial charge in [0.15, 0.2) is 5.69 Å². The largest absolute Gasteiger partial charge is 0.321 e. The number of aromatic nitrogens is 3. The monoisotopic (exact) mass is 440 g/mol. The molecule has 168 valence electrons. The van der Waals surface area contributed by atoms with Crippen molar-refractivity contribution in [2.45, 2.75) is 19.5 Å². The van der Waals surface area contributed by atoms with Gasteiger partial charge in [-0.3, -0.25) is 19.8 Å². The fraction of sp³-hybridized carbons (Fsp3) is 0.269. The summed E-state index contributed by atoms with van der Waals surface area (Å²) in [7, 11) is 4.05. The minimum atomic E-state index is -0.231. The Balaban J connectivity index is 1.39. The van der Waals surface area contributed by atoms with Gasteiger partial charge in [0.05, 0.1) is 5.52 Å². The molecular weight excluding hydrogens is 412 g/mol. The van der Waals surface area contributed by atoms with Crippen LogP contribution in [0.25, 0.3) is 22.0 Å². The maximum absolute atomic E-state index is 13.1. The van der Waals surface area contributed by atoms with Gasteiger partial charge >= 0.3 is 0 Å².